The number of ether oxygens (including phenoxy) is 4. The zero-order valence-electron chi connectivity index (χ0n) is 37.4. The van der Waals surface area contributed by atoms with Crippen molar-refractivity contribution in [1.82, 2.24) is 0 Å². The fourth-order valence-electron chi connectivity index (χ4n) is 16.4. The fraction of sp³-hybridized carbons (Fsp3) is 0.918. The largest absolute Gasteiger partial charge is 0.459 e. The number of fused-ring (bicyclic) bond motifs is 1. The number of carbonyl (C=O) groups is 4. The number of carbonyl (C=O) groups excluding carboxylic acids is 4. The first-order chi connectivity index (χ1) is 26.8. The molecule has 1 N–H and O–H groups in total. The highest BCUT2D eigenvalue weighted by atomic mass is 16.6. The summed E-state index contributed by atoms with van der Waals surface area (Å²) in [6.07, 6.45) is 12.6. The summed E-state index contributed by atoms with van der Waals surface area (Å²) in [7, 11) is 0. The summed E-state index contributed by atoms with van der Waals surface area (Å²) in [6.45, 7) is 20.5. The molecular formula is C49H74O9. The molecule has 0 aromatic rings. The lowest BCUT2D eigenvalue weighted by molar-refractivity contribution is -0.230. The van der Waals surface area contributed by atoms with Crippen LogP contribution in [0.4, 0.5) is 0 Å². The van der Waals surface area contributed by atoms with E-state index >= 15 is 4.79 Å². The maximum absolute atomic E-state index is 15.5. The zero-order valence-corrected chi connectivity index (χ0v) is 37.4. The molecule has 10 bridgehead atoms. The van der Waals surface area contributed by atoms with Crippen molar-refractivity contribution < 1.29 is 43.2 Å². The first-order valence-electron chi connectivity index (χ1n) is 23.4. The summed E-state index contributed by atoms with van der Waals surface area (Å²) in [4.78, 5) is 57.3. The van der Waals surface area contributed by atoms with E-state index in [1.165, 1.54) is 6.42 Å². The van der Waals surface area contributed by atoms with E-state index in [9.17, 15) is 19.5 Å². The molecule has 11 rings (SSSR count). The van der Waals surface area contributed by atoms with Gasteiger partial charge in [0.15, 0.2) is 0 Å². The highest BCUT2D eigenvalue weighted by Gasteiger charge is 2.66. The Morgan fingerprint density at radius 3 is 1.84 bits per heavy atom. The van der Waals surface area contributed by atoms with Gasteiger partial charge in [-0.25, -0.2) is 0 Å². The van der Waals surface area contributed by atoms with Crippen molar-refractivity contribution >= 4 is 23.9 Å². The summed E-state index contributed by atoms with van der Waals surface area (Å²) in [5, 5.41) is 11.5. The average molecular weight is 807 g/mol. The van der Waals surface area contributed by atoms with Crippen molar-refractivity contribution in [3.8, 4) is 0 Å². The molecule has 1 aliphatic heterocycles. The van der Waals surface area contributed by atoms with Crippen LogP contribution in [0.5, 0.6) is 0 Å². The summed E-state index contributed by atoms with van der Waals surface area (Å²) >= 11 is 0. The molecule has 0 spiro atoms. The SMILES string of the molecule is CCC(C)(C(=O)OC1C2CC3C(=O)OC1C3C2)C(C)(C)CC(C)(C(=O)OC1(C)C2CC3CC(C2)CC1C3)C(C)(C)CC(C)(C)C(=O)OC12CC3CC(CC(O)(C3)C1)C2. The van der Waals surface area contributed by atoms with E-state index < -0.39 is 50.0 Å². The highest BCUT2D eigenvalue weighted by Crippen LogP contribution is 2.64. The van der Waals surface area contributed by atoms with Gasteiger partial charge in [0.25, 0.3) is 0 Å². The van der Waals surface area contributed by atoms with E-state index in [4.69, 9.17) is 18.9 Å². The Hall–Kier alpha value is -2.16. The summed E-state index contributed by atoms with van der Waals surface area (Å²) in [6, 6.07) is 0. The highest BCUT2D eigenvalue weighted by molar-refractivity contribution is 5.81. The predicted octanol–water partition coefficient (Wildman–Crippen LogP) is 9.15. The van der Waals surface area contributed by atoms with E-state index in [2.05, 4.69) is 34.6 Å². The lowest BCUT2D eigenvalue weighted by atomic mass is 9.49. The van der Waals surface area contributed by atoms with E-state index in [1.54, 1.807) is 0 Å². The van der Waals surface area contributed by atoms with Gasteiger partial charge >= 0.3 is 23.9 Å². The van der Waals surface area contributed by atoms with E-state index in [-0.39, 0.29) is 47.7 Å². The van der Waals surface area contributed by atoms with Gasteiger partial charge in [-0.2, -0.15) is 0 Å². The van der Waals surface area contributed by atoms with Crippen LogP contribution in [0.1, 0.15) is 172 Å². The molecule has 10 saturated carbocycles. The van der Waals surface area contributed by atoms with Crippen LogP contribution in [0.15, 0.2) is 0 Å². The lowest BCUT2D eigenvalue weighted by Crippen LogP contribution is -2.61. The molecule has 0 aromatic heterocycles. The van der Waals surface area contributed by atoms with Gasteiger partial charge in [0.05, 0.1) is 27.8 Å². The Morgan fingerprint density at radius 2 is 1.28 bits per heavy atom. The number of esters is 4. The summed E-state index contributed by atoms with van der Waals surface area (Å²) in [5.41, 5.74) is -6.49. The van der Waals surface area contributed by atoms with Crippen LogP contribution < -0.4 is 0 Å². The molecule has 9 nitrogen and oxygen atoms in total. The quantitative estimate of drug-likeness (QED) is 0.143. The number of aliphatic hydroxyl groups is 1. The van der Waals surface area contributed by atoms with E-state index in [1.807, 2.05) is 34.6 Å². The average Bonchev–Trinajstić information content (AvgIpc) is 3.73. The molecule has 11 aliphatic rings. The van der Waals surface area contributed by atoms with Gasteiger partial charge in [0.2, 0.25) is 0 Å². The fourth-order valence-corrected chi connectivity index (χ4v) is 16.4. The van der Waals surface area contributed by atoms with Crippen LogP contribution in [-0.2, 0) is 38.1 Å². The number of rotatable bonds is 13. The third kappa shape index (κ3) is 6.11. The van der Waals surface area contributed by atoms with Crippen molar-refractivity contribution in [2.45, 2.75) is 201 Å². The third-order valence-corrected chi connectivity index (χ3v) is 19.8. The lowest BCUT2D eigenvalue weighted by Gasteiger charge is -2.60. The van der Waals surface area contributed by atoms with Crippen LogP contribution >= 0.6 is 0 Å². The van der Waals surface area contributed by atoms with Gasteiger partial charge in [0.1, 0.15) is 23.4 Å². The maximum Gasteiger partial charge on any atom is 0.312 e. The number of hydrogen-bond acceptors (Lipinski definition) is 9. The van der Waals surface area contributed by atoms with Crippen LogP contribution in [-0.4, -0.2) is 58.0 Å². The minimum Gasteiger partial charge on any atom is -0.459 e. The molecule has 0 amide bonds. The van der Waals surface area contributed by atoms with Crippen LogP contribution in [0, 0.1) is 80.3 Å². The minimum absolute atomic E-state index is 0.0652. The normalized spacial score (nSPS) is 45.2. The molecule has 58 heavy (non-hydrogen) atoms. The molecule has 0 radical (unpaired) electrons. The van der Waals surface area contributed by atoms with Crippen molar-refractivity contribution in [3.05, 3.63) is 0 Å². The van der Waals surface area contributed by atoms with Gasteiger partial charge in [-0.3, -0.25) is 19.2 Å². The molecule has 0 aromatic carbocycles. The van der Waals surface area contributed by atoms with Crippen LogP contribution in [0.25, 0.3) is 0 Å². The monoisotopic (exact) mass is 807 g/mol. The standard InChI is InChI=1S/C49H74O9/c1-11-45(8,40(52)56-36-31-18-34-35(19-31)38(50)55-37(34)36)44(6,7)25-46(9,41(53)57-47(10)32-14-27-12-28(16-32)17-33(47)15-27)43(4,5)24-42(2,3)39(51)58-49-22-29-13-30(23-49)21-48(54,20-29)26-49/h27-37,54H,11-26H2,1-10H3. The molecule has 9 unspecified atom stereocenters. The Morgan fingerprint density at radius 1 is 0.707 bits per heavy atom. The van der Waals surface area contributed by atoms with Crippen LogP contribution in [0.3, 0.4) is 0 Å². The second-order valence-electron chi connectivity index (χ2n) is 24.9. The topological polar surface area (TPSA) is 125 Å². The van der Waals surface area contributed by atoms with E-state index in [0.29, 0.717) is 55.8 Å². The van der Waals surface area contributed by atoms with Gasteiger partial charge in [-0.05, 0) is 177 Å². The van der Waals surface area contributed by atoms with E-state index in [0.717, 1.165) is 76.0 Å². The molecular weight excluding hydrogens is 733 g/mol. The molecule has 9 heteroatoms. The molecule has 11 fully saturated rings. The predicted molar refractivity (Wildman–Crippen MR) is 217 cm³/mol. The molecule has 9 atom stereocenters. The first kappa shape index (κ1) is 41.2. The molecule has 1 saturated heterocycles. The van der Waals surface area contributed by atoms with Crippen molar-refractivity contribution in [2.75, 3.05) is 0 Å². The van der Waals surface area contributed by atoms with Gasteiger partial charge in [-0.1, -0.05) is 34.6 Å². The summed E-state index contributed by atoms with van der Waals surface area (Å²) in [5.74, 6) is 2.14. The Bertz CT molecular complexity index is 1700. The Balaban J connectivity index is 0.994. The second-order valence-corrected chi connectivity index (χ2v) is 24.9. The molecule has 10 aliphatic carbocycles. The van der Waals surface area contributed by atoms with Crippen molar-refractivity contribution in [3.63, 3.8) is 0 Å². The minimum atomic E-state index is -1.11. The van der Waals surface area contributed by atoms with Crippen molar-refractivity contribution in [2.24, 2.45) is 80.3 Å². The van der Waals surface area contributed by atoms with Crippen molar-refractivity contribution in [1.29, 1.82) is 0 Å². The third-order valence-electron chi connectivity index (χ3n) is 19.8. The molecule has 324 valence electrons. The smallest absolute Gasteiger partial charge is 0.312 e. The van der Waals surface area contributed by atoms with Gasteiger partial charge in [0, 0.05) is 18.3 Å². The molecule has 1 heterocycles. The number of hydrogen-bond donors (Lipinski definition) is 1. The summed E-state index contributed by atoms with van der Waals surface area (Å²) < 4.78 is 25.9. The maximum atomic E-state index is 15.5. The Labute approximate surface area is 347 Å². The first-order valence-corrected chi connectivity index (χ1v) is 23.4. The van der Waals surface area contributed by atoms with Gasteiger partial charge in [-0.15, -0.1) is 0 Å². The zero-order chi connectivity index (χ0) is 41.8. The van der Waals surface area contributed by atoms with Crippen LogP contribution in [0.2, 0.25) is 0 Å². The Kier molecular flexibility index (Phi) is 9.19. The second kappa shape index (κ2) is 12.9. The van der Waals surface area contributed by atoms with Gasteiger partial charge < -0.3 is 24.1 Å².